The van der Waals surface area contributed by atoms with Crippen LogP contribution in [0.4, 0.5) is 0 Å². The Hall–Kier alpha value is -10.7. The molecule has 0 amide bonds. The molecule has 5 heterocycles. The van der Waals surface area contributed by atoms with E-state index in [4.69, 9.17) is 0 Å². The molecule has 404 valence electrons. The van der Waals surface area contributed by atoms with E-state index in [9.17, 15) is 0 Å². The van der Waals surface area contributed by atoms with Crippen LogP contribution in [0.5, 0.6) is 0 Å². The summed E-state index contributed by atoms with van der Waals surface area (Å²) in [6.45, 7) is 4.71. The van der Waals surface area contributed by atoms with Crippen molar-refractivity contribution in [2.45, 2.75) is 19.3 Å². The number of fused-ring (bicyclic) bond motifs is 19. The van der Waals surface area contributed by atoms with E-state index in [0.29, 0.717) is 0 Å². The van der Waals surface area contributed by atoms with Gasteiger partial charge in [0.05, 0.1) is 44.1 Å². The SMILES string of the molecule is CC1(C)c2ccccc2-c2ccc(-n3c4ccccc4c4cc5c(cc43)c3ccccc3n5-c3ccccc3)cc21.c1ccc(-n2c3ccccc3c3ccc4c(c5ccccc5n4-c4ccc(-c5cccc6c5sc5ccccc56)cc4)c32)cc1. The van der Waals surface area contributed by atoms with Gasteiger partial charge in [0.15, 0.2) is 0 Å². The van der Waals surface area contributed by atoms with E-state index in [-0.39, 0.29) is 5.41 Å². The summed E-state index contributed by atoms with van der Waals surface area (Å²) in [4.78, 5) is 0. The van der Waals surface area contributed by atoms with Crippen LogP contribution in [-0.4, -0.2) is 18.3 Å². The molecule has 13 aromatic carbocycles. The minimum absolute atomic E-state index is 0.0446. The Bertz CT molecular complexity index is 5790. The molecule has 0 atom stereocenters. The highest BCUT2D eigenvalue weighted by molar-refractivity contribution is 7.26. The third-order valence-corrected chi connectivity index (χ3v) is 19.9. The Labute approximate surface area is 500 Å². The Morgan fingerprint density at radius 3 is 1.41 bits per heavy atom. The molecule has 19 rings (SSSR count). The van der Waals surface area contributed by atoms with E-state index in [1.165, 1.54) is 158 Å². The monoisotopic (exact) mass is 1110 g/mol. The minimum atomic E-state index is -0.0446. The zero-order valence-electron chi connectivity index (χ0n) is 47.4. The van der Waals surface area contributed by atoms with Gasteiger partial charge in [0.25, 0.3) is 0 Å². The van der Waals surface area contributed by atoms with Crippen LogP contribution in [0, 0.1) is 0 Å². The predicted octanol–water partition coefficient (Wildman–Crippen LogP) is 22.1. The van der Waals surface area contributed by atoms with Crippen molar-refractivity contribution in [2.24, 2.45) is 0 Å². The second-order valence-corrected chi connectivity index (χ2v) is 24.6. The van der Waals surface area contributed by atoms with Crippen molar-refractivity contribution in [3.05, 3.63) is 302 Å². The van der Waals surface area contributed by atoms with Crippen molar-refractivity contribution in [2.75, 3.05) is 0 Å². The van der Waals surface area contributed by atoms with E-state index in [1.54, 1.807) is 0 Å². The molecule has 0 N–H and O–H groups in total. The average Bonchev–Trinajstić information content (AvgIpc) is 2.39. The summed E-state index contributed by atoms with van der Waals surface area (Å²) in [7, 11) is 0. The first kappa shape index (κ1) is 48.8. The molecular formula is C81H54N4S. The van der Waals surface area contributed by atoms with Crippen molar-refractivity contribution in [1.29, 1.82) is 0 Å². The molecule has 0 unspecified atom stereocenters. The molecule has 1 aliphatic rings. The molecule has 0 saturated carbocycles. The number of aromatic nitrogens is 4. The highest BCUT2D eigenvalue weighted by atomic mass is 32.1. The fourth-order valence-electron chi connectivity index (χ4n) is 14.8. The summed E-state index contributed by atoms with van der Waals surface area (Å²) in [6.07, 6.45) is 0. The van der Waals surface area contributed by atoms with Gasteiger partial charge in [0, 0.05) is 91.4 Å². The third-order valence-electron chi connectivity index (χ3n) is 18.6. The van der Waals surface area contributed by atoms with Gasteiger partial charge in [-0.05, 0) is 130 Å². The van der Waals surface area contributed by atoms with Crippen molar-refractivity contribution in [3.8, 4) is 45.0 Å². The van der Waals surface area contributed by atoms with E-state index in [1.807, 2.05) is 11.3 Å². The molecule has 0 fully saturated rings. The molecule has 0 aliphatic heterocycles. The van der Waals surface area contributed by atoms with Gasteiger partial charge in [-0.15, -0.1) is 11.3 Å². The number of benzene rings is 13. The van der Waals surface area contributed by atoms with Crippen LogP contribution < -0.4 is 0 Å². The van der Waals surface area contributed by atoms with Crippen LogP contribution in [-0.2, 0) is 5.41 Å². The van der Waals surface area contributed by atoms with Gasteiger partial charge in [0.2, 0.25) is 0 Å². The van der Waals surface area contributed by atoms with Gasteiger partial charge < -0.3 is 18.3 Å². The predicted molar refractivity (Wildman–Crippen MR) is 366 cm³/mol. The van der Waals surface area contributed by atoms with E-state index < -0.39 is 0 Å². The summed E-state index contributed by atoms with van der Waals surface area (Å²) in [6, 6.07) is 107. The van der Waals surface area contributed by atoms with Crippen LogP contribution in [0.3, 0.4) is 0 Å². The smallest absolute Gasteiger partial charge is 0.0641 e. The lowest BCUT2D eigenvalue weighted by Crippen LogP contribution is -2.15. The molecule has 1 aliphatic carbocycles. The molecule has 5 heteroatoms. The van der Waals surface area contributed by atoms with Crippen LogP contribution in [0.25, 0.3) is 152 Å². The maximum Gasteiger partial charge on any atom is 0.0641 e. The lowest BCUT2D eigenvalue weighted by atomic mass is 9.82. The van der Waals surface area contributed by atoms with Gasteiger partial charge in [-0.2, -0.15) is 0 Å². The molecule has 4 nitrogen and oxygen atoms in total. The number of nitrogens with zero attached hydrogens (tertiary/aromatic N) is 4. The lowest BCUT2D eigenvalue weighted by Gasteiger charge is -2.22. The van der Waals surface area contributed by atoms with E-state index in [0.717, 1.165) is 5.69 Å². The largest absolute Gasteiger partial charge is 0.309 e. The summed E-state index contributed by atoms with van der Waals surface area (Å²) in [5.41, 5.74) is 22.6. The Kier molecular flexibility index (Phi) is 10.6. The topological polar surface area (TPSA) is 19.7 Å². The third kappa shape index (κ3) is 7.04. The number of para-hydroxylation sites is 6. The maximum atomic E-state index is 2.47. The highest BCUT2D eigenvalue weighted by Gasteiger charge is 2.35. The van der Waals surface area contributed by atoms with Gasteiger partial charge in [0.1, 0.15) is 0 Å². The lowest BCUT2D eigenvalue weighted by molar-refractivity contribution is 0.660. The molecule has 5 aromatic heterocycles. The first-order valence-corrected chi connectivity index (χ1v) is 30.6. The molecular weight excluding hydrogens is 1060 g/mol. The Morgan fingerprint density at radius 2 is 0.733 bits per heavy atom. The van der Waals surface area contributed by atoms with Gasteiger partial charge in [-0.3, -0.25) is 0 Å². The number of hydrogen-bond acceptors (Lipinski definition) is 1. The van der Waals surface area contributed by atoms with Crippen LogP contribution >= 0.6 is 11.3 Å². The number of hydrogen-bond donors (Lipinski definition) is 0. The second-order valence-electron chi connectivity index (χ2n) is 23.6. The zero-order valence-corrected chi connectivity index (χ0v) is 48.2. The summed E-state index contributed by atoms with van der Waals surface area (Å²) < 4.78 is 12.4. The normalized spacial score (nSPS) is 12.9. The number of thiophene rings is 1. The van der Waals surface area contributed by atoms with Gasteiger partial charge in [-0.1, -0.05) is 208 Å². The summed E-state index contributed by atoms with van der Waals surface area (Å²) in [5, 5.41) is 12.8. The number of rotatable bonds is 5. The van der Waals surface area contributed by atoms with Crippen LogP contribution in [0.1, 0.15) is 25.0 Å². The van der Waals surface area contributed by atoms with E-state index >= 15 is 0 Å². The molecule has 0 spiro atoms. The molecule has 0 saturated heterocycles. The zero-order chi connectivity index (χ0) is 56.8. The molecule has 0 bridgehead atoms. The van der Waals surface area contributed by atoms with Crippen molar-refractivity contribution < 1.29 is 0 Å². The van der Waals surface area contributed by atoms with Crippen LogP contribution in [0.2, 0.25) is 0 Å². The average molecular weight is 1120 g/mol. The first-order chi connectivity index (χ1) is 42.5. The first-order valence-electron chi connectivity index (χ1n) is 29.7. The highest BCUT2D eigenvalue weighted by Crippen LogP contribution is 2.50. The Balaban J connectivity index is 0.000000130. The molecule has 18 aromatic rings. The fraction of sp³-hybridized carbons (Fsp3) is 0.0370. The minimum Gasteiger partial charge on any atom is -0.309 e. The van der Waals surface area contributed by atoms with Crippen LogP contribution in [0.15, 0.2) is 291 Å². The summed E-state index contributed by atoms with van der Waals surface area (Å²) in [5.74, 6) is 0. The van der Waals surface area contributed by atoms with Crippen molar-refractivity contribution in [1.82, 2.24) is 18.3 Å². The molecule has 86 heavy (non-hydrogen) atoms. The van der Waals surface area contributed by atoms with Crippen molar-refractivity contribution >= 4 is 119 Å². The standard InChI is InChI=1S/C42H26N2S.C39H28N2/c1-2-11-28(12-3-1)44-36-18-7-4-13-31(36)33-25-26-38-40(41(33)44)35-15-5-8-19-37(35)43(38)29-23-21-27(22-24-29)30-16-10-17-34-32-14-6-9-20-39(32)45-42(30)34;1-39(2)33-17-9-6-14-27(33)28-21-20-26(22-34(28)39)41-36-19-11-8-16-30(36)32-23-37-31(24-38(32)41)29-15-7-10-18-35(29)40(37)25-12-4-3-5-13-25/h1-26H;3-24H,1-2H3. The van der Waals surface area contributed by atoms with Gasteiger partial charge in [-0.25, -0.2) is 0 Å². The van der Waals surface area contributed by atoms with Crippen molar-refractivity contribution in [3.63, 3.8) is 0 Å². The second kappa shape index (κ2) is 18.6. The Morgan fingerprint density at radius 1 is 0.267 bits per heavy atom. The maximum absolute atomic E-state index is 2.47. The fourth-order valence-corrected chi connectivity index (χ4v) is 16.0. The van der Waals surface area contributed by atoms with E-state index in [2.05, 4.69) is 323 Å². The molecule has 0 radical (unpaired) electrons. The van der Waals surface area contributed by atoms with Gasteiger partial charge >= 0.3 is 0 Å². The quantitative estimate of drug-likeness (QED) is 0.164. The summed E-state index contributed by atoms with van der Waals surface area (Å²) >= 11 is 1.88.